The van der Waals surface area contributed by atoms with Crippen LogP contribution in [-0.4, -0.2) is 52.3 Å². The number of carbonyl (C=O) groups excluding carboxylic acids is 3. The number of alkyl carbamates (subject to hydrolysis) is 1. The maximum absolute atomic E-state index is 13.3. The smallest absolute Gasteiger partial charge is 0.407 e. The highest BCUT2D eigenvalue weighted by atomic mass is 19.1. The van der Waals surface area contributed by atoms with Gasteiger partial charge in [0, 0.05) is 23.7 Å². The van der Waals surface area contributed by atoms with Gasteiger partial charge in [-0.2, -0.15) is 5.10 Å². The van der Waals surface area contributed by atoms with E-state index in [2.05, 4.69) is 20.8 Å². The Bertz CT molecular complexity index is 993. The number of carbonyl (C=O) groups is 3. The third kappa shape index (κ3) is 5.74. The molecule has 1 aliphatic carbocycles. The van der Waals surface area contributed by atoms with E-state index in [0.29, 0.717) is 6.42 Å². The average molecular weight is 448 g/mol. The van der Waals surface area contributed by atoms with Crippen LogP contribution in [0.5, 0.6) is 11.5 Å². The SMILES string of the molecule is CC(C)NC(=O)O[C@@H]1CC[C@H](c2cc(NC(=O)COc3ccc(F)c(O)c3C=O)n[nH]2)C1. The molecule has 0 bridgehead atoms. The molecule has 0 unspecified atom stereocenters. The Labute approximate surface area is 183 Å². The number of hydrogen-bond acceptors (Lipinski definition) is 7. The summed E-state index contributed by atoms with van der Waals surface area (Å²) in [7, 11) is 0. The lowest BCUT2D eigenvalue weighted by Gasteiger charge is -2.14. The fourth-order valence-electron chi connectivity index (χ4n) is 3.49. The monoisotopic (exact) mass is 448 g/mol. The van der Waals surface area contributed by atoms with Crippen LogP contribution in [0, 0.1) is 5.82 Å². The van der Waals surface area contributed by atoms with Gasteiger partial charge in [-0.3, -0.25) is 14.7 Å². The van der Waals surface area contributed by atoms with E-state index in [4.69, 9.17) is 9.47 Å². The standard InChI is InChI=1S/C21H25FN4O6/c1-11(2)23-21(30)32-13-4-3-12(7-13)16-8-18(26-25-16)24-19(28)10-31-17-6-5-15(22)20(29)14(17)9-27/h5-6,8-9,11-13,29H,3-4,7,10H2,1-2H3,(H,23,30)(H2,24,25,26,28)/t12-,13+/m0/s1. The predicted octanol–water partition coefficient (Wildman–Crippen LogP) is 2.86. The molecule has 2 atom stereocenters. The number of halogens is 1. The zero-order chi connectivity index (χ0) is 23.3. The van der Waals surface area contributed by atoms with Crippen molar-refractivity contribution in [2.45, 2.75) is 51.2 Å². The number of rotatable bonds is 8. The lowest BCUT2D eigenvalue weighted by molar-refractivity contribution is -0.118. The number of phenols is 1. The van der Waals surface area contributed by atoms with E-state index in [1.807, 2.05) is 13.8 Å². The second-order valence-electron chi connectivity index (χ2n) is 7.81. The summed E-state index contributed by atoms with van der Waals surface area (Å²) in [5, 5.41) is 21.8. The van der Waals surface area contributed by atoms with Gasteiger partial charge in [-0.15, -0.1) is 0 Å². The number of aromatic amines is 1. The molecule has 0 spiro atoms. The highest BCUT2D eigenvalue weighted by Crippen LogP contribution is 2.36. The van der Waals surface area contributed by atoms with Gasteiger partial charge in [0.2, 0.25) is 0 Å². The van der Waals surface area contributed by atoms with Gasteiger partial charge in [0.1, 0.15) is 17.4 Å². The number of anilines is 1. The fourth-order valence-corrected chi connectivity index (χ4v) is 3.49. The number of nitrogens with one attached hydrogen (secondary N) is 3. The molecule has 0 aliphatic heterocycles. The summed E-state index contributed by atoms with van der Waals surface area (Å²) in [5.74, 6) is -2.08. The largest absolute Gasteiger partial charge is 0.504 e. The first-order valence-corrected chi connectivity index (χ1v) is 10.2. The molecule has 11 heteroatoms. The molecule has 10 nitrogen and oxygen atoms in total. The minimum absolute atomic E-state index is 0.00114. The maximum Gasteiger partial charge on any atom is 0.407 e. The molecule has 172 valence electrons. The van der Waals surface area contributed by atoms with Crippen LogP contribution in [0.15, 0.2) is 18.2 Å². The van der Waals surface area contributed by atoms with Gasteiger partial charge in [0.25, 0.3) is 5.91 Å². The van der Waals surface area contributed by atoms with Crippen molar-refractivity contribution in [1.82, 2.24) is 15.5 Å². The average Bonchev–Trinajstić information content (AvgIpc) is 3.37. The minimum Gasteiger partial charge on any atom is -0.504 e. The van der Waals surface area contributed by atoms with Gasteiger partial charge < -0.3 is 25.2 Å². The number of ether oxygens (including phenoxy) is 2. The first-order valence-electron chi connectivity index (χ1n) is 10.2. The van der Waals surface area contributed by atoms with Crippen molar-refractivity contribution in [3.8, 4) is 11.5 Å². The third-order valence-electron chi connectivity index (χ3n) is 4.97. The zero-order valence-electron chi connectivity index (χ0n) is 17.7. The molecule has 1 aromatic heterocycles. The van der Waals surface area contributed by atoms with Crippen molar-refractivity contribution >= 4 is 24.1 Å². The summed E-state index contributed by atoms with van der Waals surface area (Å²) in [4.78, 5) is 34.9. The molecule has 1 aliphatic rings. The number of amides is 2. The first-order chi connectivity index (χ1) is 15.3. The van der Waals surface area contributed by atoms with Crippen molar-refractivity contribution in [3.63, 3.8) is 0 Å². The molecule has 3 rings (SSSR count). The predicted molar refractivity (Wildman–Crippen MR) is 111 cm³/mol. The zero-order valence-corrected chi connectivity index (χ0v) is 17.7. The van der Waals surface area contributed by atoms with Crippen LogP contribution in [0.1, 0.15) is 55.1 Å². The van der Waals surface area contributed by atoms with Crippen molar-refractivity contribution in [3.05, 3.63) is 35.3 Å². The van der Waals surface area contributed by atoms with Gasteiger partial charge in [0.05, 0.1) is 0 Å². The van der Waals surface area contributed by atoms with E-state index in [1.165, 1.54) is 0 Å². The first kappa shape index (κ1) is 23.0. The fraction of sp³-hybridized carbons (Fsp3) is 0.429. The summed E-state index contributed by atoms with van der Waals surface area (Å²) < 4.78 is 24.0. The lowest BCUT2D eigenvalue weighted by atomic mass is 10.0. The molecule has 32 heavy (non-hydrogen) atoms. The van der Waals surface area contributed by atoms with Crippen LogP contribution >= 0.6 is 0 Å². The summed E-state index contributed by atoms with van der Waals surface area (Å²) >= 11 is 0. The second kappa shape index (κ2) is 10.1. The normalized spacial score (nSPS) is 17.8. The topological polar surface area (TPSA) is 143 Å². The molecule has 1 heterocycles. The Kier molecular flexibility index (Phi) is 7.29. The number of phenolic OH excluding ortho intramolecular Hbond substituents is 1. The van der Waals surface area contributed by atoms with Gasteiger partial charge >= 0.3 is 6.09 Å². The van der Waals surface area contributed by atoms with Crippen molar-refractivity contribution < 1.29 is 33.4 Å². The van der Waals surface area contributed by atoms with Gasteiger partial charge in [-0.1, -0.05) is 0 Å². The lowest BCUT2D eigenvalue weighted by Crippen LogP contribution is -2.33. The van der Waals surface area contributed by atoms with Crippen LogP contribution in [0.25, 0.3) is 0 Å². The second-order valence-corrected chi connectivity index (χ2v) is 7.81. The number of nitrogens with zero attached hydrogens (tertiary/aromatic N) is 1. The molecular weight excluding hydrogens is 423 g/mol. The molecular formula is C21H25FN4O6. The molecule has 1 fully saturated rings. The number of aromatic hydroxyl groups is 1. The van der Waals surface area contributed by atoms with Crippen molar-refractivity contribution in [2.75, 3.05) is 11.9 Å². The van der Waals surface area contributed by atoms with Gasteiger partial charge in [-0.25, -0.2) is 9.18 Å². The summed E-state index contributed by atoms with van der Waals surface area (Å²) in [6.45, 7) is 3.24. The molecule has 2 amide bonds. The van der Waals surface area contributed by atoms with E-state index in [9.17, 15) is 23.9 Å². The number of aldehydes is 1. The number of hydrogen-bond donors (Lipinski definition) is 4. The Balaban J connectivity index is 1.50. The third-order valence-corrected chi connectivity index (χ3v) is 4.97. The molecule has 0 radical (unpaired) electrons. The van der Waals surface area contributed by atoms with Crippen LogP contribution < -0.4 is 15.4 Å². The molecule has 1 aromatic carbocycles. The highest BCUT2D eigenvalue weighted by molar-refractivity contribution is 5.91. The Hall–Kier alpha value is -3.63. The molecule has 1 saturated carbocycles. The Morgan fingerprint density at radius 3 is 2.88 bits per heavy atom. The van der Waals surface area contributed by atoms with Crippen LogP contribution in [0.4, 0.5) is 15.0 Å². The van der Waals surface area contributed by atoms with Gasteiger partial charge in [-0.05, 0) is 45.2 Å². The van der Waals surface area contributed by atoms with E-state index in [0.717, 1.165) is 30.7 Å². The number of benzene rings is 1. The van der Waals surface area contributed by atoms with Crippen LogP contribution in [0.2, 0.25) is 0 Å². The quantitative estimate of drug-likeness (QED) is 0.455. The Morgan fingerprint density at radius 1 is 1.38 bits per heavy atom. The van der Waals surface area contributed by atoms with Crippen LogP contribution in [-0.2, 0) is 9.53 Å². The number of aromatic nitrogens is 2. The van der Waals surface area contributed by atoms with E-state index >= 15 is 0 Å². The van der Waals surface area contributed by atoms with Crippen LogP contribution in [0.3, 0.4) is 0 Å². The molecule has 4 N–H and O–H groups in total. The maximum atomic E-state index is 13.3. The van der Waals surface area contributed by atoms with Crippen molar-refractivity contribution in [2.24, 2.45) is 0 Å². The van der Waals surface area contributed by atoms with E-state index < -0.39 is 30.2 Å². The van der Waals surface area contributed by atoms with E-state index in [1.54, 1.807) is 6.07 Å². The van der Waals surface area contributed by atoms with Gasteiger partial charge in [0.15, 0.2) is 30.3 Å². The summed E-state index contributed by atoms with van der Waals surface area (Å²) in [6, 6.07) is 3.78. The minimum atomic E-state index is -0.965. The Morgan fingerprint density at radius 2 is 2.16 bits per heavy atom. The summed E-state index contributed by atoms with van der Waals surface area (Å²) in [6.07, 6.45) is 1.81. The number of H-pyrrole nitrogens is 1. The van der Waals surface area contributed by atoms with Crippen molar-refractivity contribution in [1.29, 1.82) is 0 Å². The molecule has 0 saturated heterocycles. The van der Waals surface area contributed by atoms with E-state index in [-0.39, 0.29) is 41.5 Å². The molecule has 2 aromatic rings. The highest BCUT2D eigenvalue weighted by Gasteiger charge is 2.30. The summed E-state index contributed by atoms with van der Waals surface area (Å²) in [5.41, 5.74) is 0.434.